The summed E-state index contributed by atoms with van der Waals surface area (Å²) in [4.78, 5) is 34.8. The number of ether oxygens (including phenoxy) is 3. The number of rotatable bonds is 5. The molecule has 0 bridgehead atoms. The van der Waals surface area contributed by atoms with Crippen molar-refractivity contribution in [3.63, 3.8) is 0 Å². The van der Waals surface area contributed by atoms with Crippen LogP contribution in [0.1, 0.15) is 86.0 Å². The van der Waals surface area contributed by atoms with E-state index in [1.54, 1.807) is 0 Å². The second-order valence-corrected chi connectivity index (χ2v) is 11.4. The summed E-state index contributed by atoms with van der Waals surface area (Å²) in [6.45, 7) is 9.31. The third-order valence-electron chi connectivity index (χ3n) is 9.68. The Bertz CT molecular complexity index is 832. The molecule has 0 N–H and O–H groups in total. The molecule has 0 amide bonds. The highest BCUT2D eigenvalue weighted by Gasteiger charge is 2.60. The second kappa shape index (κ2) is 9.07. The first-order valence-electron chi connectivity index (χ1n) is 12.7. The summed E-state index contributed by atoms with van der Waals surface area (Å²) in [6.07, 6.45) is 10.5. The van der Waals surface area contributed by atoms with E-state index in [1.165, 1.54) is 32.8 Å². The van der Waals surface area contributed by atoms with Gasteiger partial charge in [0.15, 0.2) is 0 Å². The number of allylic oxidation sites excluding steroid dienone is 1. The zero-order chi connectivity index (χ0) is 24.0. The van der Waals surface area contributed by atoms with Crippen LogP contribution in [0.4, 0.5) is 0 Å². The average Bonchev–Trinajstić information content (AvgIpc) is 3.08. The highest BCUT2D eigenvalue weighted by Crippen LogP contribution is 2.66. The molecule has 0 aromatic rings. The van der Waals surface area contributed by atoms with Crippen LogP contribution in [0.5, 0.6) is 0 Å². The minimum absolute atomic E-state index is 0.0221. The highest BCUT2D eigenvalue weighted by molar-refractivity contribution is 5.67. The van der Waals surface area contributed by atoms with Gasteiger partial charge < -0.3 is 14.2 Å². The van der Waals surface area contributed by atoms with E-state index in [4.69, 9.17) is 14.2 Å². The Morgan fingerprint density at radius 1 is 0.970 bits per heavy atom. The normalized spacial score (nSPS) is 40.4. The number of esters is 3. The Kier molecular flexibility index (Phi) is 6.67. The number of carbonyl (C=O) groups excluding carboxylic acids is 3. The molecule has 0 saturated heterocycles. The molecular formula is C27H40O6. The molecule has 8 atom stereocenters. The van der Waals surface area contributed by atoms with E-state index in [2.05, 4.69) is 19.9 Å². The Morgan fingerprint density at radius 2 is 1.73 bits per heavy atom. The lowest BCUT2D eigenvalue weighted by molar-refractivity contribution is -0.165. The van der Waals surface area contributed by atoms with Gasteiger partial charge in [-0.05, 0) is 73.5 Å². The van der Waals surface area contributed by atoms with Gasteiger partial charge in [0.2, 0.25) is 0 Å². The van der Waals surface area contributed by atoms with Crippen molar-refractivity contribution in [3.05, 3.63) is 11.6 Å². The molecule has 0 aromatic heterocycles. The van der Waals surface area contributed by atoms with Crippen LogP contribution in [0.2, 0.25) is 0 Å². The van der Waals surface area contributed by atoms with Gasteiger partial charge in [-0.1, -0.05) is 25.5 Å². The van der Waals surface area contributed by atoms with Gasteiger partial charge in [0.25, 0.3) is 0 Å². The minimum Gasteiger partial charge on any atom is -0.462 e. The maximum Gasteiger partial charge on any atom is 0.303 e. The van der Waals surface area contributed by atoms with Gasteiger partial charge in [0.1, 0.15) is 18.8 Å². The fourth-order valence-electron chi connectivity index (χ4n) is 8.26. The summed E-state index contributed by atoms with van der Waals surface area (Å²) in [6, 6.07) is 0. The van der Waals surface area contributed by atoms with Crippen molar-refractivity contribution in [3.8, 4) is 0 Å². The molecule has 3 saturated carbocycles. The van der Waals surface area contributed by atoms with Crippen LogP contribution in [0.3, 0.4) is 0 Å². The predicted octanol–water partition coefficient (Wildman–Crippen LogP) is 4.99. The molecule has 6 nitrogen and oxygen atoms in total. The average molecular weight is 461 g/mol. The van der Waals surface area contributed by atoms with Gasteiger partial charge in [-0.25, -0.2) is 0 Å². The highest BCUT2D eigenvalue weighted by atomic mass is 16.6. The molecule has 3 fully saturated rings. The van der Waals surface area contributed by atoms with Crippen molar-refractivity contribution in [1.82, 2.24) is 0 Å². The van der Waals surface area contributed by atoms with Crippen LogP contribution in [0.15, 0.2) is 11.6 Å². The van der Waals surface area contributed by atoms with E-state index in [0.717, 1.165) is 44.9 Å². The van der Waals surface area contributed by atoms with Crippen molar-refractivity contribution in [2.45, 2.75) is 98.2 Å². The molecule has 33 heavy (non-hydrogen) atoms. The van der Waals surface area contributed by atoms with Crippen LogP contribution < -0.4 is 0 Å². The minimum atomic E-state index is -0.373. The zero-order valence-electron chi connectivity index (χ0n) is 20.9. The fourth-order valence-corrected chi connectivity index (χ4v) is 8.26. The van der Waals surface area contributed by atoms with Crippen LogP contribution in [0.25, 0.3) is 0 Å². The second-order valence-electron chi connectivity index (χ2n) is 11.4. The van der Waals surface area contributed by atoms with Crippen LogP contribution in [-0.2, 0) is 28.6 Å². The largest absolute Gasteiger partial charge is 0.462 e. The topological polar surface area (TPSA) is 78.9 Å². The quantitative estimate of drug-likeness (QED) is 0.327. The van der Waals surface area contributed by atoms with Gasteiger partial charge in [0.05, 0.1) is 0 Å². The lowest BCUT2D eigenvalue weighted by atomic mass is 9.47. The Morgan fingerprint density at radius 3 is 2.39 bits per heavy atom. The van der Waals surface area contributed by atoms with Crippen molar-refractivity contribution in [1.29, 1.82) is 0 Å². The number of hydrogen-bond acceptors (Lipinski definition) is 6. The van der Waals surface area contributed by atoms with Crippen LogP contribution in [-0.4, -0.2) is 36.7 Å². The lowest BCUT2D eigenvalue weighted by Gasteiger charge is -2.58. The van der Waals surface area contributed by atoms with Gasteiger partial charge >= 0.3 is 17.9 Å². The maximum atomic E-state index is 11.8. The summed E-state index contributed by atoms with van der Waals surface area (Å²) in [5.41, 5.74) is 1.76. The summed E-state index contributed by atoms with van der Waals surface area (Å²) in [7, 11) is 0. The van der Waals surface area contributed by atoms with Crippen LogP contribution in [0, 0.1) is 34.5 Å². The molecule has 0 aromatic carbocycles. The summed E-state index contributed by atoms with van der Waals surface area (Å²) >= 11 is 0. The Labute approximate surface area is 197 Å². The van der Waals surface area contributed by atoms with Gasteiger partial charge in [-0.15, -0.1) is 0 Å². The molecular weight excluding hydrogens is 420 g/mol. The Balaban J connectivity index is 1.54. The number of hydrogen-bond donors (Lipinski definition) is 0. The first-order chi connectivity index (χ1) is 15.5. The number of fused-ring (bicyclic) bond motifs is 5. The van der Waals surface area contributed by atoms with E-state index in [0.29, 0.717) is 17.8 Å². The summed E-state index contributed by atoms with van der Waals surface area (Å²) in [5.74, 6) is 1.24. The molecule has 0 radical (unpaired) electrons. The molecule has 184 valence electrons. The summed E-state index contributed by atoms with van der Waals surface area (Å²) in [5, 5.41) is 0. The number of carbonyl (C=O) groups is 3. The van der Waals surface area contributed by atoms with Gasteiger partial charge in [0, 0.05) is 33.1 Å². The van der Waals surface area contributed by atoms with E-state index in [9.17, 15) is 14.4 Å². The molecule has 4 aliphatic rings. The molecule has 0 unspecified atom stereocenters. The van der Waals surface area contributed by atoms with Crippen LogP contribution >= 0.6 is 0 Å². The first kappa shape index (κ1) is 24.3. The molecule has 0 spiro atoms. The predicted molar refractivity (Wildman–Crippen MR) is 123 cm³/mol. The molecule has 4 aliphatic carbocycles. The van der Waals surface area contributed by atoms with Crippen molar-refractivity contribution in [2.75, 3.05) is 6.61 Å². The fraction of sp³-hybridized carbons (Fsp3) is 0.815. The third-order valence-corrected chi connectivity index (χ3v) is 9.68. The van der Waals surface area contributed by atoms with E-state index < -0.39 is 0 Å². The molecule has 6 heteroatoms. The standard InChI is InChI=1S/C27H40O6/c1-16(28)31-15-25(33-18(3)30)24-9-8-22-21-7-6-19-14-20(32-17(2)29)10-12-26(19,4)23(21)11-13-27(22,24)5/h6,20-25H,7-15H2,1-5H3/t20-,21+,22+,23+,24-,25-,26-,27-/m0/s1. The Hall–Kier alpha value is -1.85. The van der Waals surface area contributed by atoms with Crippen molar-refractivity contribution in [2.24, 2.45) is 34.5 Å². The SMILES string of the molecule is CC(=O)OC[C@H](OC(C)=O)[C@@H]1CC[C@@H]2[C@H]3CC=C4C[C@@H](OC(C)=O)CC[C@]4(C)[C@@H]3CC[C@@]21C. The van der Waals surface area contributed by atoms with Gasteiger partial charge in [-0.3, -0.25) is 14.4 Å². The van der Waals surface area contributed by atoms with E-state index in [1.807, 2.05) is 0 Å². The maximum absolute atomic E-state index is 11.8. The van der Waals surface area contributed by atoms with Crippen molar-refractivity contribution >= 4 is 17.9 Å². The van der Waals surface area contributed by atoms with E-state index >= 15 is 0 Å². The lowest BCUT2D eigenvalue weighted by Crippen LogP contribution is -2.52. The zero-order valence-corrected chi connectivity index (χ0v) is 20.9. The smallest absolute Gasteiger partial charge is 0.303 e. The third kappa shape index (κ3) is 4.46. The first-order valence-corrected chi connectivity index (χ1v) is 12.7. The summed E-state index contributed by atoms with van der Waals surface area (Å²) < 4.78 is 16.6. The van der Waals surface area contributed by atoms with Crippen molar-refractivity contribution < 1.29 is 28.6 Å². The van der Waals surface area contributed by atoms with E-state index in [-0.39, 0.29) is 53.5 Å². The molecule has 0 aliphatic heterocycles. The van der Waals surface area contributed by atoms with Gasteiger partial charge in [-0.2, -0.15) is 0 Å². The molecule has 4 rings (SSSR count). The monoisotopic (exact) mass is 460 g/mol. The molecule has 0 heterocycles.